The molecule has 0 spiro atoms. The molecule has 3 heteroatoms. The zero-order valence-electron chi connectivity index (χ0n) is 12.6. The SMILES string of the molecule is CCC(=O)n1cc2c3c(cccc31)C1=CCCN(C)C1C2. The summed E-state index contributed by atoms with van der Waals surface area (Å²) in [5.41, 5.74) is 5.16. The summed E-state index contributed by atoms with van der Waals surface area (Å²) in [6, 6.07) is 6.83. The Morgan fingerprint density at radius 1 is 1.38 bits per heavy atom. The van der Waals surface area contributed by atoms with E-state index in [0.717, 1.165) is 24.9 Å². The van der Waals surface area contributed by atoms with E-state index in [0.29, 0.717) is 12.5 Å². The molecule has 3 nitrogen and oxygen atoms in total. The fourth-order valence-electron chi connectivity index (χ4n) is 3.86. The molecule has 1 atom stereocenters. The van der Waals surface area contributed by atoms with Crippen molar-refractivity contribution in [2.24, 2.45) is 0 Å². The van der Waals surface area contributed by atoms with Gasteiger partial charge >= 0.3 is 0 Å². The van der Waals surface area contributed by atoms with E-state index in [-0.39, 0.29) is 5.91 Å². The Balaban J connectivity index is 1.99. The summed E-state index contributed by atoms with van der Waals surface area (Å²) in [5.74, 6) is 0.176. The van der Waals surface area contributed by atoms with Crippen LogP contribution in [0.25, 0.3) is 16.5 Å². The summed E-state index contributed by atoms with van der Waals surface area (Å²) < 4.78 is 1.85. The molecule has 0 amide bonds. The summed E-state index contributed by atoms with van der Waals surface area (Å²) in [5, 5.41) is 1.29. The van der Waals surface area contributed by atoms with E-state index >= 15 is 0 Å². The highest BCUT2D eigenvalue weighted by Gasteiger charge is 2.31. The van der Waals surface area contributed by atoms with E-state index < -0.39 is 0 Å². The molecule has 1 aliphatic carbocycles. The van der Waals surface area contributed by atoms with Crippen molar-refractivity contribution in [1.29, 1.82) is 0 Å². The van der Waals surface area contributed by atoms with Crippen molar-refractivity contribution < 1.29 is 4.79 Å². The van der Waals surface area contributed by atoms with E-state index in [9.17, 15) is 4.79 Å². The van der Waals surface area contributed by atoms with Crippen LogP contribution in [0.1, 0.15) is 35.7 Å². The number of hydrogen-bond acceptors (Lipinski definition) is 2. The van der Waals surface area contributed by atoms with Gasteiger partial charge in [-0.25, -0.2) is 0 Å². The first-order valence-electron chi connectivity index (χ1n) is 7.77. The van der Waals surface area contributed by atoms with Gasteiger partial charge in [-0.1, -0.05) is 25.1 Å². The molecule has 0 radical (unpaired) electrons. The predicted molar refractivity (Wildman–Crippen MR) is 85.6 cm³/mol. The lowest BCUT2D eigenvalue weighted by Crippen LogP contribution is -2.39. The van der Waals surface area contributed by atoms with Gasteiger partial charge in [0, 0.05) is 30.6 Å². The Morgan fingerprint density at radius 3 is 3.05 bits per heavy atom. The number of carbonyl (C=O) groups is 1. The molecule has 0 N–H and O–H groups in total. The van der Waals surface area contributed by atoms with Crippen LogP contribution in [0, 0.1) is 0 Å². The van der Waals surface area contributed by atoms with Crippen molar-refractivity contribution in [3.05, 3.63) is 41.6 Å². The Hall–Kier alpha value is -1.87. The lowest BCUT2D eigenvalue weighted by molar-refractivity contribution is 0.0914. The minimum Gasteiger partial charge on any atom is -0.299 e. The number of carbonyl (C=O) groups excluding carboxylic acids is 1. The standard InChI is InChI=1S/C18H20N2O/c1-3-17(21)20-11-12-10-16-13(7-5-9-19(16)2)14-6-4-8-15(20)18(12)14/h4,6-8,11,16H,3,5,9-10H2,1-2H3. The third kappa shape index (κ3) is 1.74. The van der Waals surface area contributed by atoms with Crippen molar-refractivity contribution in [2.75, 3.05) is 13.6 Å². The average molecular weight is 280 g/mol. The minimum atomic E-state index is 0.176. The topological polar surface area (TPSA) is 25.2 Å². The molecule has 1 aromatic heterocycles. The monoisotopic (exact) mass is 280 g/mol. The van der Waals surface area contributed by atoms with Crippen molar-refractivity contribution in [3.8, 4) is 0 Å². The minimum absolute atomic E-state index is 0.176. The second kappa shape index (κ2) is 4.57. The highest BCUT2D eigenvalue weighted by atomic mass is 16.1. The zero-order chi connectivity index (χ0) is 14.6. The van der Waals surface area contributed by atoms with Gasteiger partial charge in [0.15, 0.2) is 0 Å². The maximum Gasteiger partial charge on any atom is 0.230 e. The summed E-state index contributed by atoms with van der Waals surface area (Å²) in [7, 11) is 2.21. The molecule has 108 valence electrons. The molecule has 21 heavy (non-hydrogen) atoms. The van der Waals surface area contributed by atoms with Gasteiger partial charge in [0.1, 0.15) is 0 Å². The van der Waals surface area contributed by atoms with Gasteiger partial charge in [0.25, 0.3) is 0 Å². The number of nitrogens with zero attached hydrogens (tertiary/aromatic N) is 2. The Kier molecular flexibility index (Phi) is 2.79. The van der Waals surface area contributed by atoms with Crippen LogP contribution in [0.15, 0.2) is 30.5 Å². The van der Waals surface area contributed by atoms with E-state index in [2.05, 4.69) is 42.4 Å². The van der Waals surface area contributed by atoms with Gasteiger partial charge in [-0.2, -0.15) is 0 Å². The van der Waals surface area contributed by atoms with Crippen LogP contribution in [0.5, 0.6) is 0 Å². The summed E-state index contributed by atoms with van der Waals surface area (Å²) in [6.45, 7) is 3.04. The molecule has 2 aliphatic rings. The third-order valence-corrected chi connectivity index (χ3v) is 4.94. The summed E-state index contributed by atoms with van der Waals surface area (Å²) in [6.07, 6.45) is 7.13. The van der Waals surface area contributed by atoms with Gasteiger partial charge in [0.05, 0.1) is 5.52 Å². The van der Waals surface area contributed by atoms with Crippen molar-refractivity contribution >= 4 is 22.4 Å². The number of likely N-dealkylation sites (N-methyl/N-ethyl adjacent to an activating group) is 1. The number of hydrogen-bond donors (Lipinski definition) is 0. The van der Waals surface area contributed by atoms with Gasteiger partial charge in [-0.05, 0) is 42.7 Å². The molecule has 1 aromatic carbocycles. The quantitative estimate of drug-likeness (QED) is 0.800. The van der Waals surface area contributed by atoms with E-state index in [4.69, 9.17) is 0 Å². The molecular weight excluding hydrogens is 260 g/mol. The Bertz CT molecular complexity index is 769. The number of fused-ring (bicyclic) bond motifs is 2. The fraction of sp³-hybridized carbons (Fsp3) is 0.389. The highest BCUT2D eigenvalue weighted by Crippen LogP contribution is 2.40. The summed E-state index contributed by atoms with van der Waals surface area (Å²) in [4.78, 5) is 14.6. The van der Waals surface area contributed by atoms with E-state index in [1.165, 1.54) is 22.1 Å². The molecule has 2 heterocycles. The fourth-order valence-corrected chi connectivity index (χ4v) is 3.86. The molecule has 4 rings (SSSR count). The molecule has 1 aliphatic heterocycles. The van der Waals surface area contributed by atoms with Crippen LogP contribution < -0.4 is 0 Å². The average Bonchev–Trinajstić information content (AvgIpc) is 2.88. The second-order valence-corrected chi connectivity index (χ2v) is 6.12. The lowest BCUT2D eigenvalue weighted by atomic mass is 9.82. The van der Waals surface area contributed by atoms with Crippen LogP contribution in [-0.2, 0) is 6.42 Å². The number of rotatable bonds is 1. The lowest BCUT2D eigenvalue weighted by Gasteiger charge is -2.36. The van der Waals surface area contributed by atoms with Crippen molar-refractivity contribution in [3.63, 3.8) is 0 Å². The first-order chi connectivity index (χ1) is 10.2. The molecule has 0 fully saturated rings. The van der Waals surface area contributed by atoms with Gasteiger partial charge in [0.2, 0.25) is 5.91 Å². The first-order valence-corrected chi connectivity index (χ1v) is 7.77. The number of benzene rings is 1. The zero-order valence-corrected chi connectivity index (χ0v) is 12.6. The second-order valence-electron chi connectivity index (χ2n) is 6.12. The van der Waals surface area contributed by atoms with E-state index in [1.807, 2.05) is 11.5 Å². The van der Waals surface area contributed by atoms with Gasteiger partial charge in [-0.15, -0.1) is 0 Å². The van der Waals surface area contributed by atoms with Crippen molar-refractivity contribution in [2.45, 2.75) is 32.2 Å². The van der Waals surface area contributed by atoms with Crippen LogP contribution in [0.3, 0.4) is 0 Å². The number of aromatic nitrogens is 1. The molecule has 2 aromatic rings. The van der Waals surface area contributed by atoms with Crippen LogP contribution >= 0.6 is 0 Å². The predicted octanol–water partition coefficient (Wildman–Crippen LogP) is 3.34. The molecule has 0 saturated carbocycles. The Labute approximate surface area is 124 Å². The maximum absolute atomic E-state index is 12.2. The van der Waals surface area contributed by atoms with Crippen LogP contribution in [-0.4, -0.2) is 35.0 Å². The first kappa shape index (κ1) is 12.8. The van der Waals surface area contributed by atoms with Gasteiger partial charge < -0.3 is 0 Å². The van der Waals surface area contributed by atoms with Crippen molar-refractivity contribution in [1.82, 2.24) is 9.47 Å². The van der Waals surface area contributed by atoms with Crippen LogP contribution in [0.2, 0.25) is 0 Å². The maximum atomic E-state index is 12.2. The summed E-state index contributed by atoms with van der Waals surface area (Å²) >= 11 is 0. The molecule has 0 bridgehead atoms. The molecule has 0 saturated heterocycles. The molecule has 1 unspecified atom stereocenters. The smallest absolute Gasteiger partial charge is 0.230 e. The highest BCUT2D eigenvalue weighted by molar-refractivity contribution is 6.02. The van der Waals surface area contributed by atoms with Gasteiger partial charge in [-0.3, -0.25) is 14.3 Å². The largest absolute Gasteiger partial charge is 0.299 e. The molecular formula is C18H20N2O. The Morgan fingerprint density at radius 2 is 2.24 bits per heavy atom. The van der Waals surface area contributed by atoms with E-state index in [1.54, 1.807) is 0 Å². The normalized spacial score (nSPS) is 21.2. The van der Waals surface area contributed by atoms with Crippen LogP contribution in [0.4, 0.5) is 0 Å². The third-order valence-electron chi connectivity index (χ3n) is 4.94.